The predicted molar refractivity (Wildman–Crippen MR) is 101 cm³/mol. The number of primary amides is 1. The molecule has 8 heteroatoms. The standard InChI is InChI=1S/C19H18N6O2/c1-2-12-24(16-6-4-3-5-7-16)17(26)13-25-22-19(21-23-25)15-10-8-14(9-11-15)18(20)27/h2-11H,1,12-13H2,(H2,20,27). The number of rotatable bonds is 7. The number of carbonyl (C=O) groups excluding carboxylic acids is 2. The van der Waals surface area contributed by atoms with E-state index in [1.807, 2.05) is 30.3 Å². The molecule has 0 unspecified atom stereocenters. The third-order valence-corrected chi connectivity index (χ3v) is 3.84. The first-order chi connectivity index (χ1) is 13.1. The Kier molecular flexibility index (Phi) is 5.36. The average molecular weight is 362 g/mol. The monoisotopic (exact) mass is 362 g/mol. The first-order valence-electron chi connectivity index (χ1n) is 8.23. The van der Waals surface area contributed by atoms with Crippen LogP contribution in [-0.4, -0.2) is 38.6 Å². The highest BCUT2D eigenvalue weighted by Gasteiger charge is 2.17. The molecule has 8 nitrogen and oxygen atoms in total. The summed E-state index contributed by atoms with van der Waals surface area (Å²) < 4.78 is 0. The van der Waals surface area contributed by atoms with E-state index in [4.69, 9.17) is 5.73 Å². The van der Waals surface area contributed by atoms with Gasteiger partial charge in [-0.05, 0) is 29.5 Å². The number of hydrogen-bond acceptors (Lipinski definition) is 5. The molecule has 0 fully saturated rings. The van der Waals surface area contributed by atoms with Gasteiger partial charge in [-0.1, -0.05) is 36.4 Å². The SMILES string of the molecule is C=CCN(C(=O)Cn1nnc(-c2ccc(C(N)=O)cc2)n1)c1ccccc1. The van der Waals surface area contributed by atoms with Gasteiger partial charge >= 0.3 is 0 Å². The molecule has 0 saturated carbocycles. The molecule has 2 aromatic carbocycles. The van der Waals surface area contributed by atoms with Crippen molar-refractivity contribution in [2.75, 3.05) is 11.4 Å². The summed E-state index contributed by atoms with van der Waals surface area (Å²) in [5.74, 6) is -0.338. The van der Waals surface area contributed by atoms with Crippen LogP contribution in [0.25, 0.3) is 11.4 Å². The third kappa shape index (κ3) is 4.24. The molecule has 2 N–H and O–H groups in total. The van der Waals surface area contributed by atoms with Crippen LogP contribution in [0, 0.1) is 0 Å². The summed E-state index contributed by atoms with van der Waals surface area (Å²) in [6, 6.07) is 15.8. The van der Waals surface area contributed by atoms with Gasteiger partial charge in [0, 0.05) is 23.4 Å². The van der Waals surface area contributed by atoms with Crippen LogP contribution in [0.5, 0.6) is 0 Å². The van der Waals surface area contributed by atoms with Crippen molar-refractivity contribution in [3.05, 3.63) is 72.8 Å². The molecule has 27 heavy (non-hydrogen) atoms. The van der Waals surface area contributed by atoms with Crippen LogP contribution in [0.15, 0.2) is 67.3 Å². The van der Waals surface area contributed by atoms with Crippen molar-refractivity contribution in [3.8, 4) is 11.4 Å². The van der Waals surface area contributed by atoms with Crippen molar-refractivity contribution >= 4 is 17.5 Å². The smallest absolute Gasteiger partial charge is 0.250 e. The maximum absolute atomic E-state index is 12.7. The zero-order valence-corrected chi connectivity index (χ0v) is 14.5. The third-order valence-electron chi connectivity index (χ3n) is 3.84. The molecule has 0 bridgehead atoms. The van der Waals surface area contributed by atoms with Crippen LogP contribution in [0.2, 0.25) is 0 Å². The zero-order chi connectivity index (χ0) is 19.2. The Hall–Kier alpha value is -3.81. The molecule has 3 aromatic rings. The van der Waals surface area contributed by atoms with E-state index in [0.717, 1.165) is 5.69 Å². The summed E-state index contributed by atoms with van der Waals surface area (Å²) in [5, 5.41) is 12.1. The molecule has 0 saturated heterocycles. The van der Waals surface area contributed by atoms with Crippen LogP contribution < -0.4 is 10.6 Å². The summed E-state index contributed by atoms with van der Waals surface area (Å²) in [6.07, 6.45) is 1.66. The fraction of sp³-hybridized carbons (Fsp3) is 0.105. The fourth-order valence-corrected chi connectivity index (χ4v) is 2.50. The predicted octanol–water partition coefficient (Wildman–Crippen LogP) is 1.66. The maximum atomic E-state index is 12.7. The Balaban J connectivity index is 1.75. The number of para-hydroxylation sites is 1. The van der Waals surface area contributed by atoms with Crippen molar-refractivity contribution < 1.29 is 9.59 Å². The highest BCUT2D eigenvalue weighted by Crippen LogP contribution is 2.16. The minimum Gasteiger partial charge on any atom is -0.366 e. The van der Waals surface area contributed by atoms with Gasteiger partial charge in [0.1, 0.15) is 6.54 Å². The molecular weight excluding hydrogens is 344 g/mol. The van der Waals surface area contributed by atoms with Gasteiger partial charge in [0.05, 0.1) is 0 Å². The van der Waals surface area contributed by atoms with Gasteiger partial charge in [0.15, 0.2) is 0 Å². The number of amides is 2. The molecule has 1 aromatic heterocycles. The minimum atomic E-state index is -0.507. The van der Waals surface area contributed by atoms with Crippen molar-refractivity contribution in [3.63, 3.8) is 0 Å². The molecule has 0 radical (unpaired) electrons. The Morgan fingerprint density at radius 1 is 1.11 bits per heavy atom. The van der Waals surface area contributed by atoms with Crippen molar-refractivity contribution in [1.29, 1.82) is 0 Å². The fourth-order valence-electron chi connectivity index (χ4n) is 2.50. The molecule has 0 atom stereocenters. The van der Waals surface area contributed by atoms with Gasteiger partial charge in [0.2, 0.25) is 11.7 Å². The van der Waals surface area contributed by atoms with Crippen LogP contribution in [0.3, 0.4) is 0 Å². The van der Waals surface area contributed by atoms with Gasteiger partial charge in [-0.15, -0.1) is 16.8 Å². The molecule has 0 spiro atoms. The quantitative estimate of drug-likeness (QED) is 0.643. The lowest BCUT2D eigenvalue weighted by Crippen LogP contribution is -2.34. The Labute approximate surface area is 155 Å². The Bertz CT molecular complexity index is 950. The topological polar surface area (TPSA) is 107 Å². The average Bonchev–Trinajstić information content (AvgIpc) is 3.15. The summed E-state index contributed by atoms with van der Waals surface area (Å²) >= 11 is 0. The first kappa shape index (κ1) is 18.0. The second kappa shape index (κ2) is 8.05. The van der Waals surface area contributed by atoms with E-state index in [9.17, 15) is 9.59 Å². The second-order valence-electron chi connectivity index (χ2n) is 5.71. The molecule has 0 aliphatic carbocycles. The Morgan fingerprint density at radius 2 is 1.81 bits per heavy atom. The number of benzene rings is 2. The van der Waals surface area contributed by atoms with Gasteiger partial charge in [0.25, 0.3) is 5.91 Å². The van der Waals surface area contributed by atoms with E-state index in [2.05, 4.69) is 22.0 Å². The van der Waals surface area contributed by atoms with Crippen LogP contribution >= 0.6 is 0 Å². The molecular formula is C19H18N6O2. The number of aromatic nitrogens is 4. The lowest BCUT2D eigenvalue weighted by molar-refractivity contribution is -0.119. The largest absolute Gasteiger partial charge is 0.366 e. The van der Waals surface area contributed by atoms with Gasteiger partial charge in [-0.2, -0.15) is 4.80 Å². The van der Waals surface area contributed by atoms with Gasteiger partial charge in [-0.25, -0.2) is 0 Å². The highest BCUT2D eigenvalue weighted by atomic mass is 16.2. The number of nitrogens with two attached hydrogens (primary N) is 1. The van der Waals surface area contributed by atoms with E-state index in [0.29, 0.717) is 23.5 Å². The summed E-state index contributed by atoms with van der Waals surface area (Å²) in [4.78, 5) is 26.6. The first-order valence-corrected chi connectivity index (χ1v) is 8.23. The van der Waals surface area contributed by atoms with Crippen LogP contribution in [0.1, 0.15) is 10.4 Å². The summed E-state index contributed by atoms with van der Waals surface area (Å²) in [7, 11) is 0. The van der Waals surface area contributed by atoms with E-state index in [-0.39, 0.29) is 12.5 Å². The maximum Gasteiger partial charge on any atom is 0.250 e. The molecule has 3 rings (SSSR count). The van der Waals surface area contributed by atoms with Crippen LogP contribution in [0.4, 0.5) is 5.69 Å². The number of nitrogens with zero attached hydrogens (tertiary/aromatic N) is 5. The number of tetrazole rings is 1. The Morgan fingerprint density at radius 3 is 2.44 bits per heavy atom. The zero-order valence-electron chi connectivity index (χ0n) is 14.5. The van der Waals surface area contributed by atoms with Crippen molar-refractivity contribution in [1.82, 2.24) is 20.2 Å². The molecule has 0 aliphatic rings. The van der Waals surface area contributed by atoms with E-state index in [1.54, 1.807) is 35.2 Å². The summed E-state index contributed by atoms with van der Waals surface area (Å²) in [6.45, 7) is 4.02. The highest BCUT2D eigenvalue weighted by molar-refractivity contribution is 5.93. The summed E-state index contributed by atoms with van der Waals surface area (Å²) in [5.41, 5.74) is 7.06. The van der Waals surface area contributed by atoms with E-state index in [1.165, 1.54) is 4.80 Å². The van der Waals surface area contributed by atoms with Gasteiger partial charge in [-0.3, -0.25) is 9.59 Å². The van der Waals surface area contributed by atoms with E-state index >= 15 is 0 Å². The molecule has 1 heterocycles. The lowest BCUT2D eigenvalue weighted by atomic mass is 10.1. The molecule has 0 aliphatic heterocycles. The normalized spacial score (nSPS) is 10.4. The van der Waals surface area contributed by atoms with Crippen LogP contribution in [-0.2, 0) is 11.3 Å². The van der Waals surface area contributed by atoms with Gasteiger partial charge < -0.3 is 10.6 Å². The number of carbonyl (C=O) groups is 2. The number of anilines is 1. The lowest BCUT2D eigenvalue weighted by Gasteiger charge is -2.20. The van der Waals surface area contributed by atoms with E-state index < -0.39 is 5.91 Å². The minimum absolute atomic E-state index is 0.0604. The van der Waals surface area contributed by atoms with Crippen molar-refractivity contribution in [2.45, 2.75) is 6.54 Å². The second-order valence-corrected chi connectivity index (χ2v) is 5.71. The molecule has 136 valence electrons. The number of hydrogen-bond donors (Lipinski definition) is 1. The molecule has 2 amide bonds. The van der Waals surface area contributed by atoms with Crippen molar-refractivity contribution in [2.24, 2.45) is 5.73 Å².